The lowest BCUT2D eigenvalue weighted by molar-refractivity contribution is -0.141. The Bertz CT molecular complexity index is 601. The van der Waals surface area contributed by atoms with E-state index >= 15 is 0 Å². The van der Waals surface area contributed by atoms with Gasteiger partial charge in [-0.2, -0.15) is 0 Å². The third-order valence-corrected chi connectivity index (χ3v) is 4.58. The lowest BCUT2D eigenvalue weighted by Gasteiger charge is -2.06. The molecule has 1 aromatic carbocycles. The molecular weight excluding hydrogens is 246 g/mol. The Labute approximate surface area is 109 Å². The number of carbonyl (C=O) groups is 1. The smallest absolute Gasteiger partial charge is 0.306 e. The van der Waals surface area contributed by atoms with E-state index in [0.717, 1.165) is 11.1 Å². The van der Waals surface area contributed by atoms with E-state index in [1.54, 1.807) is 18.3 Å². The number of carboxylic acids is 1. The fourth-order valence-corrected chi connectivity index (χ4v) is 3.29. The molecule has 1 N–H and O–H groups in total. The highest BCUT2D eigenvalue weighted by molar-refractivity contribution is 7.18. The molecule has 1 heterocycles. The van der Waals surface area contributed by atoms with Crippen molar-refractivity contribution in [1.82, 2.24) is 4.98 Å². The molecule has 0 bridgehead atoms. The number of aromatic nitrogens is 1. The number of fused-ring (bicyclic) bond motifs is 1. The van der Waals surface area contributed by atoms with Gasteiger partial charge in [0.25, 0.3) is 0 Å². The van der Waals surface area contributed by atoms with Crippen LogP contribution in [0.15, 0.2) is 18.2 Å². The summed E-state index contributed by atoms with van der Waals surface area (Å²) >= 11 is 1.76. The Morgan fingerprint density at radius 3 is 3.00 bits per heavy atom. The zero-order chi connectivity index (χ0) is 12.7. The van der Waals surface area contributed by atoms with E-state index in [2.05, 4.69) is 6.07 Å². The Morgan fingerprint density at radius 1 is 1.56 bits per heavy atom. The number of aliphatic carboxylic acids is 1. The summed E-state index contributed by atoms with van der Waals surface area (Å²) in [6, 6.07) is 6.08. The second-order valence-electron chi connectivity index (χ2n) is 5.03. The first-order chi connectivity index (χ1) is 8.65. The Balaban J connectivity index is 1.97. The van der Waals surface area contributed by atoms with Crippen molar-refractivity contribution in [3.05, 3.63) is 28.8 Å². The first kappa shape index (κ1) is 11.7. The topological polar surface area (TPSA) is 50.2 Å². The molecule has 4 heteroatoms. The number of nitrogens with zero attached hydrogens (tertiary/aromatic N) is 1. The summed E-state index contributed by atoms with van der Waals surface area (Å²) in [5.41, 5.74) is 2.07. The van der Waals surface area contributed by atoms with Gasteiger partial charge in [-0.05, 0) is 30.9 Å². The average molecular weight is 261 g/mol. The molecule has 94 valence electrons. The number of hydrogen-bond acceptors (Lipinski definition) is 3. The molecule has 0 amide bonds. The Kier molecular flexibility index (Phi) is 2.82. The van der Waals surface area contributed by atoms with Crippen LogP contribution in [0.5, 0.6) is 0 Å². The van der Waals surface area contributed by atoms with Crippen molar-refractivity contribution in [3.63, 3.8) is 0 Å². The van der Waals surface area contributed by atoms with Crippen LogP contribution in [0.3, 0.4) is 0 Å². The van der Waals surface area contributed by atoms with Gasteiger partial charge < -0.3 is 5.11 Å². The minimum atomic E-state index is -0.746. The van der Waals surface area contributed by atoms with Gasteiger partial charge in [0.1, 0.15) is 0 Å². The molecule has 18 heavy (non-hydrogen) atoms. The predicted molar refractivity (Wildman–Crippen MR) is 72.1 cm³/mol. The van der Waals surface area contributed by atoms with Crippen LogP contribution in [0.25, 0.3) is 10.2 Å². The van der Waals surface area contributed by atoms with Crippen LogP contribution in [0.4, 0.5) is 0 Å². The van der Waals surface area contributed by atoms with Gasteiger partial charge in [0, 0.05) is 5.92 Å². The highest BCUT2D eigenvalue weighted by Crippen LogP contribution is 2.43. The van der Waals surface area contributed by atoms with E-state index in [9.17, 15) is 4.79 Å². The lowest BCUT2D eigenvalue weighted by Crippen LogP contribution is -2.12. The van der Waals surface area contributed by atoms with Crippen LogP contribution < -0.4 is 0 Å². The molecule has 2 aromatic rings. The number of hydrogen-bond donors (Lipinski definition) is 1. The van der Waals surface area contributed by atoms with E-state index in [1.807, 2.05) is 12.1 Å². The molecule has 1 aromatic heterocycles. The minimum absolute atomic E-state index is 0.360. The van der Waals surface area contributed by atoms with Crippen LogP contribution in [-0.4, -0.2) is 16.1 Å². The highest BCUT2D eigenvalue weighted by atomic mass is 32.1. The summed E-state index contributed by atoms with van der Waals surface area (Å²) in [4.78, 5) is 15.7. The van der Waals surface area contributed by atoms with Crippen molar-refractivity contribution in [3.8, 4) is 0 Å². The molecule has 3 rings (SSSR count). The first-order valence-electron chi connectivity index (χ1n) is 6.26. The molecule has 1 saturated carbocycles. The van der Waals surface area contributed by atoms with Gasteiger partial charge in [0.15, 0.2) is 0 Å². The normalized spacial score (nSPS) is 16.9. The minimum Gasteiger partial charge on any atom is -0.481 e. The van der Waals surface area contributed by atoms with Gasteiger partial charge in [-0.1, -0.05) is 19.1 Å². The molecule has 1 aliphatic carbocycles. The molecule has 0 spiro atoms. The Morgan fingerprint density at radius 2 is 2.33 bits per heavy atom. The number of para-hydroxylation sites is 1. The van der Waals surface area contributed by atoms with Gasteiger partial charge in [-0.3, -0.25) is 4.79 Å². The fourth-order valence-electron chi connectivity index (χ4n) is 2.11. The average Bonchev–Trinajstić information content (AvgIpc) is 3.09. The van der Waals surface area contributed by atoms with Gasteiger partial charge in [-0.25, -0.2) is 4.98 Å². The van der Waals surface area contributed by atoms with Crippen LogP contribution in [0, 0.1) is 5.92 Å². The summed E-state index contributed by atoms with van der Waals surface area (Å²) in [6.07, 6.45) is 3.06. The first-order valence-corrected chi connectivity index (χ1v) is 7.08. The zero-order valence-corrected chi connectivity index (χ0v) is 11.0. The molecule has 1 atom stereocenters. The highest BCUT2D eigenvalue weighted by Gasteiger charge is 2.27. The molecule has 0 aliphatic heterocycles. The van der Waals surface area contributed by atoms with Crippen molar-refractivity contribution < 1.29 is 9.90 Å². The van der Waals surface area contributed by atoms with Crippen molar-refractivity contribution >= 4 is 27.5 Å². The molecule has 1 fully saturated rings. The van der Waals surface area contributed by atoms with E-state index in [4.69, 9.17) is 10.1 Å². The maximum atomic E-state index is 10.9. The van der Waals surface area contributed by atoms with Gasteiger partial charge >= 0.3 is 5.97 Å². The van der Waals surface area contributed by atoms with Crippen molar-refractivity contribution in [2.75, 3.05) is 0 Å². The van der Waals surface area contributed by atoms with Crippen molar-refractivity contribution in [2.45, 2.75) is 32.1 Å². The van der Waals surface area contributed by atoms with Crippen molar-refractivity contribution in [2.24, 2.45) is 5.92 Å². The summed E-state index contributed by atoms with van der Waals surface area (Å²) in [5, 5.41) is 10.2. The summed E-state index contributed by atoms with van der Waals surface area (Å²) in [7, 11) is 0. The molecule has 0 saturated heterocycles. The predicted octanol–water partition coefficient (Wildman–Crippen LogP) is 3.44. The maximum Gasteiger partial charge on any atom is 0.306 e. The van der Waals surface area contributed by atoms with E-state index in [1.165, 1.54) is 22.5 Å². The van der Waals surface area contributed by atoms with Gasteiger partial charge in [0.2, 0.25) is 0 Å². The number of rotatable bonds is 4. The summed E-state index contributed by atoms with van der Waals surface area (Å²) < 4.78 is 1.19. The number of benzene rings is 1. The third-order valence-electron chi connectivity index (χ3n) is 3.39. The SMILES string of the molecule is CC(Cc1cccc2sc(C3CC3)nc12)C(=O)O. The summed E-state index contributed by atoms with van der Waals surface area (Å²) in [5.74, 6) is -0.446. The quantitative estimate of drug-likeness (QED) is 0.917. The number of carboxylic acid groups (broad SMARTS) is 1. The molecule has 1 unspecified atom stereocenters. The maximum absolute atomic E-state index is 10.9. The van der Waals surface area contributed by atoms with E-state index in [-0.39, 0.29) is 5.92 Å². The van der Waals surface area contributed by atoms with Crippen molar-refractivity contribution in [1.29, 1.82) is 0 Å². The van der Waals surface area contributed by atoms with E-state index < -0.39 is 5.97 Å². The van der Waals surface area contributed by atoms with Gasteiger partial charge in [0.05, 0.1) is 21.1 Å². The monoisotopic (exact) mass is 261 g/mol. The number of thiazole rings is 1. The second kappa shape index (κ2) is 4.35. The molecule has 0 radical (unpaired) electrons. The van der Waals surface area contributed by atoms with E-state index in [0.29, 0.717) is 12.3 Å². The third kappa shape index (κ3) is 2.12. The van der Waals surface area contributed by atoms with Crippen LogP contribution >= 0.6 is 11.3 Å². The molecule has 3 nitrogen and oxygen atoms in total. The lowest BCUT2D eigenvalue weighted by atomic mass is 10.0. The second-order valence-corrected chi connectivity index (χ2v) is 6.10. The summed E-state index contributed by atoms with van der Waals surface area (Å²) in [6.45, 7) is 1.75. The van der Waals surface area contributed by atoms with Crippen LogP contribution in [0.2, 0.25) is 0 Å². The largest absolute Gasteiger partial charge is 0.481 e. The van der Waals surface area contributed by atoms with Crippen LogP contribution in [-0.2, 0) is 11.2 Å². The van der Waals surface area contributed by atoms with Crippen LogP contribution in [0.1, 0.15) is 36.3 Å². The van der Waals surface area contributed by atoms with Gasteiger partial charge in [-0.15, -0.1) is 11.3 Å². The standard InChI is InChI=1S/C14H15NO2S/c1-8(14(16)17)7-10-3-2-4-11-12(10)15-13(18-11)9-5-6-9/h2-4,8-9H,5-7H2,1H3,(H,16,17). The molecule has 1 aliphatic rings. The Hall–Kier alpha value is -1.42. The fraction of sp³-hybridized carbons (Fsp3) is 0.429. The molecular formula is C14H15NO2S. The zero-order valence-electron chi connectivity index (χ0n) is 10.2.